The van der Waals surface area contributed by atoms with Crippen molar-refractivity contribution in [2.75, 3.05) is 28.4 Å². The molecule has 0 radical (unpaired) electrons. The molecule has 0 spiro atoms. The van der Waals surface area contributed by atoms with Crippen molar-refractivity contribution in [2.45, 2.75) is 11.4 Å². The summed E-state index contributed by atoms with van der Waals surface area (Å²) in [5, 5.41) is 3.21. The van der Waals surface area contributed by atoms with Gasteiger partial charge in [-0.3, -0.25) is 8.36 Å². The van der Waals surface area contributed by atoms with Gasteiger partial charge in [0.15, 0.2) is 0 Å². The van der Waals surface area contributed by atoms with E-state index >= 15 is 0 Å². The largest absolute Gasteiger partial charge is 0.497 e. The minimum absolute atomic E-state index is 0.500. The van der Waals surface area contributed by atoms with Crippen LogP contribution in [0.4, 0.5) is 4.39 Å². The molecule has 3 rings (SSSR count). The van der Waals surface area contributed by atoms with E-state index in [9.17, 15) is 4.39 Å². The Morgan fingerprint density at radius 1 is 1.00 bits per heavy atom. The van der Waals surface area contributed by atoms with Crippen molar-refractivity contribution in [3.05, 3.63) is 66.4 Å². The Morgan fingerprint density at radius 2 is 1.74 bits per heavy atom. The Hall–Kier alpha value is -2.44. The molecule has 4 nitrogen and oxygen atoms in total. The number of aromatic nitrogens is 1. The van der Waals surface area contributed by atoms with Crippen molar-refractivity contribution in [2.24, 2.45) is 0 Å². The third-order valence-corrected chi connectivity index (χ3v) is 4.81. The number of ether oxygens (including phenoxy) is 2. The second-order valence-corrected chi connectivity index (χ2v) is 6.58. The third kappa shape index (κ3) is 5.05. The van der Waals surface area contributed by atoms with Gasteiger partial charge in [0.05, 0.1) is 21.4 Å². The van der Waals surface area contributed by atoms with Crippen molar-refractivity contribution in [3.63, 3.8) is 0 Å². The molecule has 0 aliphatic carbocycles. The second-order valence-electron chi connectivity index (χ2n) is 5.53. The topological polar surface area (TPSA) is 35.4 Å². The molecule has 1 heterocycles. The van der Waals surface area contributed by atoms with Crippen LogP contribution >= 0.6 is 11.9 Å². The zero-order chi connectivity index (χ0) is 19.6. The molecule has 3 aromatic rings. The van der Waals surface area contributed by atoms with Crippen LogP contribution < -0.4 is 14.8 Å². The van der Waals surface area contributed by atoms with Gasteiger partial charge in [0.1, 0.15) is 17.2 Å². The van der Waals surface area contributed by atoms with Crippen LogP contribution in [-0.4, -0.2) is 32.4 Å². The first-order chi connectivity index (χ1) is 13.3. The average Bonchev–Trinajstić information content (AvgIpc) is 3.07. The number of benzene rings is 2. The molecule has 0 atom stereocenters. The summed E-state index contributed by atoms with van der Waals surface area (Å²) < 4.78 is 22.7. The lowest BCUT2D eigenvalue weighted by Crippen LogP contribution is -2.05. The number of halogens is 1. The summed E-state index contributed by atoms with van der Waals surface area (Å²) in [6.07, 6.45) is 2.13. The zero-order valence-electron chi connectivity index (χ0n) is 16.0. The van der Waals surface area contributed by atoms with Gasteiger partial charge in [0.25, 0.3) is 0 Å². The van der Waals surface area contributed by atoms with Crippen LogP contribution in [-0.2, 0) is 6.54 Å². The minimum Gasteiger partial charge on any atom is -0.497 e. The molecule has 0 fully saturated rings. The minimum atomic E-state index is 0.500. The number of nitrogens with one attached hydrogen (secondary N) is 1. The molecule has 0 unspecified atom stereocenters. The molecule has 0 amide bonds. The van der Waals surface area contributed by atoms with Crippen molar-refractivity contribution in [1.82, 2.24) is 9.29 Å². The van der Waals surface area contributed by atoms with Gasteiger partial charge in [-0.2, -0.15) is 0 Å². The van der Waals surface area contributed by atoms with Crippen molar-refractivity contribution in [1.29, 1.82) is 0 Å². The molecule has 0 saturated heterocycles. The molecule has 144 valence electrons. The van der Waals surface area contributed by atoms with E-state index in [1.54, 1.807) is 26.2 Å². The summed E-state index contributed by atoms with van der Waals surface area (Å²) in [5.74, 6) is 1.75. The molecule has 0 bridgehead atoms. The summed E-state index contributed by atoms with van der Waals surface area (Å²) in [7, 11) is 5.85. The van der Waals surface area contributed by atoms with Crippen LogP contribution in [0.5, 0.6) is 11.5 Å². The van der Waals surface area contributed by atoms with E-state index in [1.807, 2.05) is 43.4 Å². The first-order valence-corrected chi connectivity index (χ1v) is 9.22. The van der Waals surface area contributed by atoms with Gasteiger partial charge in [-0.05, 0) is 37.2 Å². The normalized spacial score (nSPS) is 10.1. The fourth-order valence-corrected chi connectivity index (χ4v) is 3.75. The molecule has 1 N–H and O–H groups in total. The lowest BCUT2D eigenvalue weighted by molar-refractivity contribution is 0.411. The van der Waals surface area contributed by atoms with Crippen molar-refractivity contribution in [3.8, 4) is 22.8 Å². The maximum Gasteiger partial charge on any atom is 0.149 e. The average molecular weight is 389 g/mol. The summed E-state index contributed by atoms with van der Waals surface area (Å²) in [6, 6.07) is 18.4. The fraction of sp³-hybridized carbons (Fsp3) is 0.238. The number of hydrogen-bond donors (Lipinski definition) is 1. The van der Waals surface area contributed by atoms with Gasteiger partial charge in [-0.25, -0.2) is 0 Å². The molecule has 0 aliphatic rings. The highest BCUT2D eigenvalue weighted by molar-refractivity contribution is 7.98. The predicted molar refractivity (Wildman–Crippen MR) is 110 cm³/mol. The molecule has 0 aliphatic heterocycles. The van der Waals surface area contributed by atoms with Crippen LogP contribution in [0.15, 0.2) is 65.7 Å². The Labute approximate surface area is 164 Å². The molecule has 0 saturated carbocycles. The van der Waals surface area contributed by atoms with E-state index in [1.165, 1.54) is 0 Å². The lowest BCUT2D eigenvalue weighted by atomic mass is 10.1. The van der Waals surface area contributed by atoms with E-state index in [2.05, 4.69) is 33.7 Å². The molecular formula is C21H25FN2O2S. The molecule has 2 aromatic carbocycles. The zero-order valence-corrected chi connectivity index (χ0v) is 16.8. The molecule has 1 aromatic heterocycles. The Balaban J connectivity index is 0.00000126. The standard InChI is InChI=1S/C20H22N2O2S.CH3F/c1-21-13-16-14-22(25-18-11-7-10-17(12-18)23-2)19(20(16)24-3)15-8-5-4-6-9-15;1-2/h4-12,14,21H,13H2,1-3H3;1H3. The summed E-state index contributed by atoms with van der Waals surface area (Å²) in [6.45, 7) is 0.745. The SMILES string of the molecule is CF.CNCc1cn(Sc2cccc(OC)c2)c(-c2ccccc2)c1OC. The van der Waals surface area contributed by atoms with Gasteiger partial charge >= 0.3 is 0 Å². The van der Waals surface area contributed by atoms with E-state index in [-0.39, 0.29) is 0 Å². The highest BCUT2D eigenvalue weighted by Gasteiger charge is 2.19. The third-order valence-electron chi connectivity index (χ3n) is 3.86. The first kappa shape index (κ1) is 20.9. The smallest absolute Gasteiger partial charge is 0.149 e. The molecule has 6 heteroatoms. The van der Waals surface area contributed by atoms with E-state index < -0.39 is 0 Å². The highest BCUT2D eigenvalue weighted by Crippen LogP contribution is 2.39. The van der Waals surface area contributed by atoms with Gasteiger partial charge in [0.2, 0.25) is 0 Å². The van der Waals surface area contributed by atoms with Gasteiger partial charge in [0, 0.05) is 28.8 Å². The summed E-state index contributed by atoms with van der Waals surface area (Å²) >= 11 is 1.64. The van der Waals surface area contributed by atoms with E-state index in [0.29, 0.717) is 7.18 Å². The van der Waals surface area contributed by atoms with Crippen LogP contribution in [0, 0.1) is 0 Å². The predicted octanol–water partition coefficient (Wildman–Crippen LogP) is 5.03. The molecule has 27 heavy (non-hydrogen) atoms. The van der Waals surface area contributed by atoms with Crippen LogP contribution in [0.3, 0.4) is 0 Å². The Kier molecular flexibility index (Phi) is 8.23. The maximum absolute atomic E-state index is 9.50. The van der Waals surface area contributed by atoms with Gasteiger partial charge in [-0.1, -0.05) is 36.4 Å². The van der Waals surface area contributed by atoms with Crippen LogP contribution in [0.25, 0.3) is 11.3 Å². The number of rotatable bonds is 7. The Bertz CT molecular complexity index is 837. The van der Waals surface area contributed by atoms with E-state index in [4.69, 9.17) is 9.47 Å². The highest BCUT2D eigenvalue weighted by atomic mass is 32.2. The van der Waals surface area contributed by atoms with Crippen molar-refractivity contribution < 1.29 is 13.9 Å². The Morgan fingerprint density at radius 3 is 2.37 bits per heavy atom. The number of alkyl halides is 1. The van der Waals surface area contributed by atoms with Gasteiger partial charge in [-0.15, -0.1) is 0 Å². The van der Waals surface area contributed by atoms with Gasteiger partial charge < -0.3 is 14.8 Å². The second kappa shape index (κ2) is 10.6. The quantitative estimate of drug-likeness (QED) is 0.616. The summed E-state index contributed by atoms with van der Waals surface area (Å²) in [5.41, 5.74) is 3.30. The van der Waals surface area contributed by atoms with Crippen LogP contribution in [0.2, 0.25) is 0 Å². The van der Waals surface area contributed by atoms with Crippen LogP contribution in [0.1, 0.15) is 5.56 Å². The monoisotopic (exact) mass is 388 g/mol. The van der Waals surface area contributed by atoms with Crippen molar-refractivity contribution >= 4 is 11.9 Å². The number of nitrogens with zero attached hydrogens (tertiary/aromatic N) is 1. The van der Waals surface area contributed by atoms with E-state index in [0.717, 1.165) is 39.8 Å². The number of methoxy groups -OCH3 is 2. The lowest BCUT2D eigenvalue weighted by Gasteiger charge is -2.11. The first-order valence-electron chi connectivity index (χ1n) is 8.45. The maximum atomic E-state index is 9.50. The summed E-state index contributed by atoms with van der Waals surface area (Å²) in [4.78, 5) is 1.10. The number of hydrogen-bond acceptors (Lipinski definition) is 4. The molecular weight excluding hydrogens is 363 g/mol. The fourth-order valence-electron chi connectivity index (χ4n) is 2.76.